The van der Waals surface area contributed by atoms with Crippen molar-refractivity contribution < 1.29 is 14.3 Å². The van der Waals surface area contributed by atoms with Gasteiger partial charge in [-0.2, -0.15) is 5.26 Å². The molecule has 2 amide bonds. The molecule has 0 unspecified atom stereocenters. The number of thioether (sulfide) groups is 1. The number of nitriles is 1. The standard InChI is InChI=1S/C25H16N2O3S/c1-2-13-27-24(28)23(31-25(27)29)14-21-20-10-6-5-7-17(20)11-12-22(21)30-16-19-9-4-3-8-18(19)15-26/h1,3-12,14H,13,16H2/b23-14+. The van der Waals surface area contributed by atoms with E-state index in [4.69, 9.17) is 11.2 Å². The van der Waals surface area contributed by atoms with Gasteiger partial charge in [0.2, 0.25) is 0 Å². The van der Waals surface area contributed by atoms with E-state index < -0.39 is 5.91 Å². The number of imide groups is 1. The molecule has 3 aromatic carbocycles. The van der Waals surface area contributed by atoms with Crippen LogP contribution in [0.5, 0.6) is 5.75 Å². The van der Waals surface area contributed by atoms with Crippen molar-refractivity contribution >= 4 is 39.8 Å². The van der Waals surface area contributed by atoms with Crippen molar-refractivity contribution in [3.8, 4) is 24.2 Å². The molecule has 1 saturated heterocycles. The summed E-state index contributed by atoms with van der Waals surface area (Å²) >= 11 is 0.859. The zero-order chi connectivity index (χ0) is 21.8. The minimum absolute atomic E-state index is 0.0636. The molecule has 5 nitrogen and oxygen atoms in total. The number of ether oxygens (including phenoxy) is 1. The smallest absolute Gasteiger partial charge is 0.294 e. The quantitative estimate of drug-likeness (QED) is 0.428. The molecular weight excluding hydrogens is 408 g/mol. The Morgan fingerprint density at radius 2 is 1.84 bits per heavy atom. The van der Waals surface area contributed by atoms with Gasteiger partial charge in [-0.25, -0.2) is 0 Å². The predicted octanol–water partition coefficient (Wildman–Crippen LogP) is 4.96. The highest BCUT2D eigenvalue weighted by molar-refractivity contribution is 8.18. The fourth-order valence-electron chi connectivity index (χ4n) is 3.32. The van der Waals surface area contributed by atoms with Gasteiger partial charge in [-0.15, -0.1) is 6.42 Å². The van der Waals surface area contributed by atoms with Crippen molar-refractivity contribution in [2.75, 3.05) is 6.54 Å². The number of fused-ring (bicyclic) bond motifs is 1. The first-order valence-electron chi connectivity index (χ1n) is 9.43. The van der Waals surface area contributed by atoms with Crippen molar-refractivity contribution in [3.05, 3.63) is 82.3 Å². The molecular formula is C25H16N2O3S. The average molecular weight is 424 g/mol. The molecule has 1 heterocycles. The second-order valence-electron chi connectivity index (χ2n) is 6.73. The Bertz CT molecular complexity index is 1310. The van der Waals surface area contributed by atoms with E-state index in [1.54, 1.807) is 18.2 Å². The SMILES string of the molecule is C#CCN1C(=O)S/C(=C/c2c(OCc3ccccc3C#N)ccc3ccccc23)C1=O. The van der Waals surface area contributed by atoms with Crippen LogP contribution in [0.15, 0.2) is 65.6 Å². The molecule has 6 heteroatoms. The molecule has 1 fully saturated rings. The van der Waals surface area contributed by atoms with Gasteiger partial charge in [0.05, 0.1) is 23.1 Å². The van der Waals surface area contributed by atoms with E-state index in [1.807, 2.05) is 48.5 Å². The summed E-state index contributed by atoms with van der Waals surface area (Å²) < 4.78 is 6.07. The fraction of sp³-hybridized carbons (Fsp3) is 0.0800. The van der Waals surface area contributed by atoms with Crippen LogP contribution in [0, 0.1) is 23.7 Å². The molecule has 0 atom stereocenters. The maximum absolute atomic E-state index is 12.7. The molecule has 1 aliphatic rings. The van der Waals surface area contributed by atoms with E-state index >= 15 is 0 Å². The first-order valence-corrected chi connectivity index (χ1v) is 10.3. The van der Waals surface area contributed by atoms with Gasteiger partial charge in [0, 0.05) is 11.1 Å². The van der Waals surface area contributed by atoms with Crippen molar-refractivity contribution in [2.24, 2.45) is 0 Å². The second kappa shape index (κ2) is 8.79. The van der Waals surface area contributed by atoms with Gasteiger partial charge < -0.3 is 4.74 Å². The zero-order valence-electron chi connectivity index (χ0n) is 16.4. The van der Waals surface area contributed by atoms with E-state index in [0.717, 1.165) is 33.0 Å². The molecule has 0 aliphatic carbocycles. The van der Waals surface area contributed by atoms with Crippen LogP contribution in [0.1, 0.15) is 16.7 Å². The molecule has 150 valence electrons. The lowest BCUT2D eigenvalue weighted by molar-refractivity contribution is -0.122. The van der Waals surface area contributed by atoms with Crippen LogP contribution in [-0.4, -0.2) is 22.6 Å². The Kier molecular flexibility index (Phi) is 5.75. The lowest BCUT2D eigenvalue weighted by atomic mass is 10.0. The third-order valence-corrected chi connectivity index (χ3v) is 5.76. The van der Waals surface area contributed by atoms with Crippen LogP contribution < -0.4 is 4.74 Å². The van der Waals surface area contributed by atoms with E-state index in [0.29, 0.717) is 21.8 Å². The summed E-state index contributed by atoms with van der Waals surface area (Å²) in [6, 6.07) is 20.9. The Labute approximate surface area is 183 Å². The largest absolute Gasteiger partial charge is 0.488 e. The molecule has 0 radical (unpaired) electrons. The summed E-state index contributed by atoms with van der Waals surface area (Å²) in [6.45, 7) is 0.132. The zero-order valence-corrected chi connectivity index (χ0v) is 17.2. The van der Waals surface area contributed by atoms with E-state index in [9.17, 15) is 14.9 Å². The molecule has 1 aliphatic heterocycles. The number of hydrogen-bond donors (Lipinski definition) is 0. The van der Waals surface area contributed by atoms with Gasteiger partial charge >= 0.3 is 0 Å². The topological polar surface area (TPSA) is 70.4 Å². The summed E-state index contributed by atoms with van der Waals surface area (Å²) in [4.78, 5) is 26.2. The summed E-state index contributed by atoms with van der Waals surface area (Å²) in [6.07, 6.45) is 6.96. The number of carbonyl (C=O) groups is 2. The number of carbonyl (C=O) groups excluding carboxylic acids is 2. The molecule has 4 rings (SSSR count). The van der Waals surface area contributed by atoms with Crippen molar-refractivity contribution in [2.45, 2.75) is 6.61 Å². The monoisotopic (exact) mass is 424 g/mol. The van der Waals surface area contributed by atoms with Crippen molar-refractivity contribution in [1.82, 2.24) is 4.90 Å². The Morgan fingerprint density at radius 3 is 2.65 bits per heavy atom. The van der Waals surface area contributed by atoms with Crippen LogP contribution in [0.3, 0.4) is 0 Å². The van der Waals surface area contributed by atoms with Crippen LogP contribution in [-0.2, 0) is 11.4 Å². The molecule has 0 spiro atoms. The second-order valence-corrected chi connectivity index (χ2v) is 7.72. The molecule has 0 N–H and O–H groups in total. The van der Waals surface area contributed by atoms with Gasteiger partial charge in [-0.05, 0) is 40.7 Å². The normalized spacial score (nSPS) is 14.6. The summed E-state index contributed by atoms with van der Waals surface area (Å²) in [5, 5.41) is 10.8. The fourth-order valence-corrected chi connectivity index (χ4v) is 4.14. The van der Waals surface area contributed by atoms with Gasteiger partial charge in [-0.1, -0.05) is 54.5 Å². The highest BCUT2D eigenvalue weighted by Gasteiger charge is 2.34. The molecule has 31 heavy (non-hydrogen) atoms. The van der Waals surface area contributed by atoms with E-state index in [-0.39, 0.29) is 18.4 Å². The lowest BCUT2D eigenvalue weighted by Crippen LogP contribution is -2.28. The van der Waals surface area contributed by atoms with Gasteiger partial charge in [0.1, 0.15) is 12.4 Å². The minimum atomic E-state index is -0.415. The number of rotatable bonds is 5. The summed E-state index contributed by atoms with van der Waals surface area (Å²) in [5.41, 5.74) is 2.00. The summed E-state index contributed by atoms with van der Waals surface area (Å²) in [5.74, 6) is 2.47. The molecule has 3 aromatic rings. The van der Waals surface area contributed by atoms with Crippen LogP contribution in [0.25, 0.3) is 16.8 Å². The lowest BCUT2D eigenvalue weighted by Gasteiger charge is -2.13. The average Bonchev–Trinajstić information content (AvgIpc) is 3.06. The minimum Gasteiger partial charge on any atom is -0.488 e. The van der Waals surface area contributed by atoms with Crippen LogP contribution in [0.2, 0.25) is 0 Å². The maximum Gasteiger partial charge on any atom is 0.294 e. The maximum atomic E-state index is 12.7. The molecule has 0 bridgehead atoms. The molecule has 0 saturated carbocycles. The van der Waals surface area contributed by atoms with Crippen molar-refractivity contribution in [1.29, 1.82) is 5.26 Å². The van der Waals surface area contributed by atoms with Gasteiger partial charge in [-0.3, -0.25) is 14.5 Å². The van der Waals surface area contributed by atoms with Crippen molar-refractivity contribution in [3.63, 3.8) is 0 Å². The van der Waals surface area contributed by atoms with Crippen LogP contribution in [0.4, 0.5) is 4.79 Å². The Morgan fingerprint density at radius 1 is 1.06 bits per heavy atom. The van der Waals surface area contributed by atoms with Gasteiger partial charge in [0.15, 0.2) is 0 Å². The number of benzene rings is 3. The summed E-state index contributed by atoms with van der Waals surface area (Å²) in [7, 11) is 0. The molecule has 0 aromatic heterocycles. The number of nitrogens with zero attached hydrogens (tertiary/aromatic N) is 2. The van der Waals surface area contributed by atoms with E-state index in [1.165, 1.54) is 0 Å². The number of amides is 2. The van der Waals surface area contributed by atoms with E-state index in [2.05, 4.69) is 12.0 Å². The number of terminal acetylenes is 1. The highest BCUT2D eigenvalue weighted by atomic mass is 32.2. The predicted molar refractivity (Wildman–Crippen MR) is 121 cm³/mol. The first-order chi connectivity index (χ1) is 15.1. The van der Waals surface area contributed by atoms with Crippen LogP contribution >= 0.6 is 11.8 Å². The Balaban J connectivity index is 1.75. The first kappa shape index (κ1) is 20.3. The Hall–Kier alpha value is -4.00. The number of hydrogen-bond acceptors (Lipinski definition) is 5. The third-order valence-electron chi connectivity index (χ3n) is 4.85. The third kappa shape index (κ3) is 4.02. The van der Waals surface area contributed by atoms with Gasteiger partial charge in [0.25, 0.3) is 11.1 Å². The highest BCUT2D eigenvalue weighted by Crippen LogP contribution is 2.37.